The van der Waals surface area contributed by atoms with Crippen molar-refractivity contribution in [2.45, 2.75) is 51.0 Å². The van der Waals surface area contributed by atoms with Crippen molar-refractivity contribution >= 4 is 5.91 Å². The van der Waals surface area contributed by atoms with Crippen molar-refractivity contribution in [1.29, 1.82) is 0 Å². The van der Waals surface area contributed by atoms with E-state index in [2.05, 4.69) is 22.1 Å². The zero-order chi connectivity index (χ0) is 20.3. The highest BCUT2D eigenvalue weighted by atomic mass is 16.5. The predicted molar refractivity (Wildman–Crippen MR) is 110 cm³/mol. The van der Waals surface area contributed by atoms with Crippen LogP contribution in [0.5, 0.6) is 6.01 Å². The molecule has 1 aromatic carbocycles. The molecule has 1 aromatic heterocycles. The van der Waals surface area contributed by atoms with Crippen LogP contribution >= 0.6 is 0 Å². The van der Waals surface area contributed by atoms with E-state index in [1.54, 1.807) is 0 Å². The summed E-state index contributed by atoms with van der Waals surface area (Å²) in [6.07, 6.45) is 3.18. The number of carbonyl (C=O) groups excluding carboxylic acids is 1. The molecule has 2 aromatic rings. The summed E-state index contributed by atoms with van der Waals surface area (Å²) in [5.41, 5.74) is 2.37. The molecular formula is C23H29N3O3. The number of nitrogens with zero attached hydrogens (tertiary/aromatic N) is 3. The average molecular weight is 396 g/mol. The predicted octanol–water partition coefficient (Wildman–Crippen LogP) is 3.21. The number of carbonyl (C=O) groups is 1. The van der Waals surface area contributed by atoms with E-state index in [-0.39, 0.29) is 12.0 Å². The SMILES string of the molecule is Cc1cc(C)nc(OC2CCCN(C(=O)C3(c4ccccc4)CCOCC3)C2)n1. The Morgan fingerprint density at radius 3 is 2.52 bits per heavy atom. The summed E-state index contributed by atoms with van der Waals surface area (Å²) >= 11 is 0. The molecule has 3 heterocycles. The molecule has 29 heavy (non-hydrogen) atoms. The summed E-state index contributed by atoms with van der Waals surface area (Å²) in [6.45, 7) is 6.45. The van der Waals surface area contributed by atoms with E-state index in [4.69, 9.17) is 9.47 Å². The van der Waals surface area contributed by atoms with E-state index in [0.717, 1.165) is 49.2 Å². The third-order valence-corrected chi connectivity index (χ3v) is 5.98. The Balaban J connectivity index is 1.52. The molecule has 0 spiro atoms. The van der Waals surface area contributed by atoms with Gasteiger partial charge >= 0.3 is 6.01 Å². The van der Waals surface area contributed by atoms with Gasteiger partial charge in [0.05, 0.1) is 12.0 Å². The number of hydrogen-bond acceptors (Lipinski definition) is 5. The van der Waals surface area contributed by atoms with Crippen molar-refractivity contribution in [3.63, 3.8) is 0 Å². The van der Waals surface area contributed by atoms with Crippen molar-refractivity contribution in [1.82, 2.24) is 14.9 Å². The second-order valence-electron chi connectivity index (χ2n) is 8.13. The maximum absolute atomic E-state index is 13.8. The van der Waals surface area contributed by atoms with Gasteiger partial charge in [-0.1, -0.05) is 30.3 Å². The van der Waals surface area contributed by atoms with E-state index in [1.807, 2.05) is 43.0 Å². The van der Waals surface area contributed by atoms with Crippen LogP contribution in [0, 0.1) is 13.8 Å². The molecule has 0 saturated carbocycles. The van der Waals surface area contributed by atoms with Crippen molar-refractivity contribution in [2.75, 3.05) is 26.3 Å². The highest BCUT2D eigenvalue weighted by Gasteiger charge is 2.45. The lowest BCUT2D eigenvalue weighted by Gasteiger charge is -2.42. The van der Waals surface area contributed by atoms with Crippen molar-refractivity contribution in [3.8, 4) is 6.01 Å². The Morgan fingerprint density at radius 2 is 1.83 bits per heavy atom. The number of likely N-dealkylation sites (tertiary alicyclic amines) is 1. The lowest BCUT2D eigenvalue weighted by molar-refractivity contribution is -0.144. The van der Waals surface area contributed by atoms with Crippen LogP contribution in [0.2, 0.25) is 0 Å². The summed E-state index contributed by atoms with van der Waals surface area (Å²) in [4.78, 5) is 24.5. The van der Waals surface area contributed by atoms with Crippen molar-refractivity contribution in [3.05, 3.63) is 53.3 Å². The first-order valence-electron chi connectivity index (χ1n) is 10.5. The maximum atomic E-state index is 13.8. The molecule has 6 nitrogen and oxygen atoms in total. The molecule has 0 bridgehead atoms. The molecular weight excluding hydrogens is 366 g/mol. The van der Waals surface area contributed by atoms with E-state index >= 15 is 0 Å². The van der Waals surface area contributed by atoms with Crippen LogP contribution in [0.1, 0.15) is 42.6 Å². The van der Waals surface area contributed by atoms with Gasteiger partial charge in [-0.25, -0.2) is 9.97 Å². The summed E-state index contributed by atoms with van der Waals surface area (Å²) in [7, 11) is 0. The summed E-state index contributed by atoms with van der Waals surface area (Å²) in [5, 5.41) is 0. The third kappa shape index (κ3) is 4.27. The minimum Gasteiger partial charge on any atom is -0.458 e. The van der Waals surface area contributed by atoms with Gasteiger partial charge < -0.3 is 14.4 Å². The lowest BCUT2D eigenvalue weighted by Crippen LogP contribution is -2.54. The fourth-order valence-electron chi connectivity index (χ4n) is 4.52. The fraction of sp³-hybridized carbons (Fsp3) is 0.522. The quantitative estimate of drug-likeness (QED) is 0.795. The molecule has 154 valence electrons. The molecule has 6 heteroatoms. The lowest BCUT2D eigenvalue weighted by atomic mass is 9.72. The summed E-state index contributed by atoms with van der Waals surface area (Å²) < 4.78 is 11.7. The van der Waals surface area contributed by atoms with E-state index in [1.165, 1.54) is 0 Å². The monoisotopic (exact) mass is 395 g/mol. The maximum Gasteiger partial charge on any atom is 0.317 e. The van der Waals surface area contributed by atoms with Crippen molar-refractivity contribution < 1.29 is 14.3 Å². The Morgan fingerprint density at radius 1 is 1.14 bits per heavy atom. The molecule has 0 N–H and O–H groups in total. The molecule has 1 amide bonds. The molecule has 2 fully saturated rings. The summed E-state index contributed by atoms with van der Waals surface area (Å²) in [6, 6.07) is 12.5. The van der Waals surface area contributed by atoms with Gasteiger partial charge in [0.1, 0.15) is 6.10 Å². The Kier molecular flexibility index (Phi) is 5.81. The van der Waals surface area contributed by atoms with Crippen LogP contribution < -0.4 is 4.74 Å². The Labute approximate surface area is 172 Å². The van der Waals surface area contributed by atoms with E-state index < -0.39 is 5.41 Å². The average Bonchev–Trinajstić information content (AvgIpc) is 2.74. The number of piperidine rings is 1. The number of amides is 1. The van der Waals surface area contributed by atoms with Crippen LogP contribution in [-0.4, -0.2) is 53.2 Å². The topological polar surface area (TPSA) is 64.5 Å². The highest BCUT2D eigenvalue weighted by molar-refractivity contribution is 5.88. The van der Waals surface area contributed by atoms with Gasteiger partial charge in [0, 0.05) is 31.1 Å². The number of aromatic nitrogens is 2. The molecule has 2 aliphatic rings. The first-order chi connectivity index (χ1) is 14.1. The molecule has 2 aliphatic heterocycles. The zero-order valence-corrected chi connectivity index (χ0v) is 17.3. The van der Waals surface area contributed by atoms with Crippen LogP contribution in [0.3, 0.4) is 0 Å². The molecule has 1 unspecified atom stereocenters. The molecule has 2 saturated heterocycles. The normalized spacial score (nSPS) is 21.6. The van der Waals surface area contributed by atoms with Crippen molar-refractivity contribution in [2.24, 2.45) is 0 Å². The second-order valence-corrected chi connectivity index (χ2v) is 8.13. The largest absolute Gasteiger partial charge is 0.458 e. The van der Waals surface area contributed by atoms with Crippen LogP contribution in [0.25, 0.3) is 0 Å². The number of ether oxygens (including phenoxy) is 2. The standard InChI is InChI=1S/C23H29N3O3/c1-17-15-18(2)25-22(24-17)29-20-9-6-12-26(16-20)21(27)23(10-13-28-14-11-23)19-7-4-3-5-8-19/h3-5,7-8,15,20H,6,9-14,16H2,1-2H3. The number of benzene rings is 1. The van der Waals surface area contributed by atoms with E-state index in [9.17, 15) is 4.79 Å². The van der Waals surface area contributed by atoms with Crippen LogP contribution in [0.15, 0.2) is 36.4 Å². The smallest absolute Gasteiger partial charge is 0.317 e. The van der Waals surface area contributed by atoms with Gasteiger partial charge in [-0.2, -0.15) is 0 Å². The fourth-order valence-corrected chi connectivity index (χ4v) is 4.52. The first kappa shape index (κ1) is 19.8. The van der Waals surface area contributed by atoms with Gasteiger partial charge in [-0.05, 0) is 51.2 Å². The summed E-state index contributed by atoms with van der Waals surface area (Å²) in [5.74, 6) is 0.196. The van der Waals surface area contributed by atoms with Crippen LogP contribution in [0.4, 0.5) is 0 Å². The molecule has 0 radical (unpaired) electrons. The van der Waals surface area contributed by atoms with Crippen LogP contribution in [-0.2, 0) is 14.9 Å². The second kappa shape index (κ2) is 8.49. The van der Waals surface area contributed by atoms with Gasteiger partial charge in [0.25, 0.3) is 0 Å². The first-order valence-corrected chi connectivity index (χ1v) is 10.5. The van der Waals surface area contributed by atoms with Gasteiger partial charge in [0.2, 0.25) is 5.91 Å². The van der Waals surface area contributed by atoms with Gasteiger partial charge in [0.15, 0.2) is 0 Å². The number of rotatable bonds is 4. The van der Waals surface area contributed by atoms with E-state index in [0.29, 0.717) is 25.8 Å². The molecule has 4 rings (SSSR count). The highest BCUT2D eigenvalue weighted by Crippen LogP contribution is 2.37. The minimum atomic E-state index is -0.502. The van der Waals surface area contributed by atoms with Gasteiger partial charge in [-0.3, -0.25) is 4.79 Å². The van der Waals surface area contributed by atoms with Gasteiger partial charge in [-0.15, -0.1) is 0 Å². The Hall–Kier alpha value is -2.47. The minimum absolute atomic E-state index is 0.0819. The third-order valence-electron chi connectivity index (χ3n) is 5.98. The number of aryl methyl sites for hydroxylation is 2. The zero-order valence-electron chi connectivity index (χ0n) is 17.3. The molecule has 1 atom stereocenters. The Bertz CT molecular complexity index is 829. The molecule has 0 aliphatic carbocycles. The number of hydrogen-bond donors (Lipinski definition) is 0.